The molecule has 0 spiro atoms. The molecule has 25 heavy (non-hydrogen) atoms. The van der Waals surface area contributed by atoms with Crippen molar-refractivity contribution < 1.29 is 9.59 Å². The Morgan fingerprint density at radius 3 is 1.88 bits per heavy atom. The van der Waals surface area contributed by atoms with Gasteiger partial charge in [-0.2, -0.15) is 0 Å². The minimum Gasteiger partial charge on any atom is -0.350 e. The van der Waals surface area contributed by atoms with Crippen LogP contribution in [0.15, 0.2) is 36.7 Å². The molecule has 2 heterocycles. The highest BCUT2D eigenvalue weighted by Crippen LogP contribution is 2.05. The summed E-state index contributed by atoms with van der Waals surface area (Å²) in [5.41, 5.74) is 2.72. The molecule has 6 heteroatoms. The highest BCUT2D eigenvalue weighted by Gasteiger charge is 2.18. The highest BCUT2D eigenvalue weighted by atomic mass is 16.2. The second-order valence-corrected chi connectivity index (χ2v) is 6.41. The number of carbonyl (C=O) groups excluding carboxylic acids is 2. The Morgan fingerprint density at radius 2 is 1.44 bits per heavy atom. The number of carbonyl (C=O) groups is 2. The van der Waals surface area contributed by atoms with Gasteiger partial charge >= 0.3 is 0 Å². The number of nitrogens with one attached hydrogen (secondary N) is 2. The highest BCUT2D eigenvalue weighted by molar-refractivity contribution is 5.95. The normalized spacial score (nSPS) is 11.9. The molecule has 0 saturated carbocycles. The summed E-state index contributed by atoms with van der Waals surface area (Å²) in [6.07, 6.45) is 3.10. The van der Waals surface area contributed by atoms with Crippen molar-refractivity contribution in [3.8, 4) is 0 Å². The van der Waals surface area contributed by atoms with Crippen molar-refractivity contribution in [1.82, 2.24) is 20.6 Å². The Kier molecular flexibility index (Phi) is 6.22. The molecule has 1 atom stereocenters. The number of pyridine rings is 2. The maximum atomic E-state index is 12.3. The standard InChI is InChI=1S/C19H24N4O2/c1-12(2)17(23-19(25)16-8-6-14(4)21-10-16)11-22-18(24)15-7-5-13(3)20-9-15/h5-10,12,17H,11H2,1-4H3,(H,22,24)(H,23,25)/t17-/m1/s1. The third-order valence-corrected chi connectivity index (χ3v) is 3.95. The SMILES string of the molecule is Cc1ccc(C(=O)NC[C@@H](NC(=O)c2ccc(C)nc2)C(C)C)cn1. The summed E-state index contributed by atoms with van der Waals surface area (Å²) in [7, 11) is 0. The molecular formula is C19H24N4O2. The second-order valence-electron chi connectivity index (χ2n) is 6.41. The first-order chi connectivity index (χ1) is 11.9. The Bertz CT molecular complexity index is 724. The zero-order valence-electron chi connectivity index (χ0n) is 15.0. The summed E-state index contributed by atoms with van der Waals surface area (Å²) in [6, 6.07) is 6.88. The van der Waals surface area contributed by atoms with Gasteiger partial charge in [-0.3, -0.25) is 19.6 Å². The summed E-state index contributed by atoms with van der Waals surface area (Å²) in [4.78, 5) is 32.8. The van der Waals surface area contributed by atoms with E-state index in [-0.39, 0.29) is 23.8 Å². The Hall–Kier alpha value is -2.76. The molecule has 0 aliphatic heterocycles. The number of nitrogens with zero attached hydrogens (tertiary/aromatic N) is 2. The summed E-state index contributed by atoms with van der Waals surface area (Å²) in [5.74, 6) is -0.236. The van der Waals surface area contributed by atoms with Gasteiger partial charge in [0, 0.05) is 36.4 Å². The molecule has 0 unspecified atom stereocenters. The fourth-order valence-corrected chi connectivity index (χ4v) is 2.21. The Morgan fingerprint density at radius 1 is 0.920 bits per heavy atom. The van der Waals surface area contributed by atoms with Crippen molar-refractivity contribution in [3.63, 3.8) is 0 Å². The van der Waals surface area contributed by atoms with Crippen LogP contribution in [0.1, 0.15) is 46.0 Å². The van der Waals surface area contributed by atoms with E-state index in [1.807, 2.05) is 27.7 Å². The lowest BCUT2D eigenvalue weighted by Gasteiger charge is -2.23. The van der Waals surface area contributed by atoms with Crippen LogP contribution in [0.25, 0.3) is 0 Å². The van der Waals surface area contributed by atoms with E-state index in [2.05, 4.69) is 20.6 Å². The van der Waals surface area contributed by atoms with Gasteiger partial charge in [-0.05, 0) is 44.0 Å². The number of hydrogen-bond donors (Lipinski definition) is 2. The quantitative estimate of drug-likeness (QED) is 0.845. The van der Waals surface area contributed by atoms with Crippen molar-refractivity contribution in [1.29, 1.82) is 0 Å². The summed E-state index contributed by atoms with van der Waals surface area (Å²) >= 11 is 0. The molecule has 0 radical (unpaired) electrons. The largest absolute Gasteiger partial charge is 0.350 e. The van der Waals surface area contributed by atoms with Gasteiger partial charge in [-0.1, -0.05) is 13.8 Å². The van der Waals surface area contributed by atoms with Crippen LogP contribution in [-0.2, 0) is 0 Å². The summed E-state index contributed by atoms with van der Waals surface area (Å²) in [6.45, 7) is 8.07. The van der Waals surface area contributed by atoms with E-state index in [1.54, 1.807) is 36.7 Å². The van der Waals surface area contributed by atoms with Gasteiger partial charge in [-0.25, -0.2) is 0 Å². The molecule has 0 bridgehead atoms. The summed E-state index contributed by atoms with van der Waals surface area (Å²) < 4.78 is 0. The van der Waals surface area contributed by atoms with Gasteiger partial charge in [0.15, 0.2) is 0 Å². The van der Waals surface area contributed by atoms with Crippen LogP contribution in [0, 0.1) is 19.8 Å². The molecule has 0 aliphatic rings. The Balaban J connectivity index is 1.96. The molecule has 2 aromatic rings. The molecule has 2 N–H and O–H groups in total. The topological polar surface area (TPSA) is 84.0 Å². The van der Waals surface area contributed by atoms with E-state index in [9.17, 15) is 9.59 Å². The number of aromatic nitrogens is 2. The van der Waals surface area contributed by atoms with E-state index in [0.29, 0.717) is 17.7 Å². The number of amides is 2. The number of aryl methyl sites for hydroxylation is 2. The molecule has 6 nitrogen and oxygen atoms in total. The van der Waals surface area contributed by atoms with E-state index < -0.39 is 0 Å². The van der Waals surface area contributed by atoms with Crippen molar-refractivity contribution in [2.24, 2.45) is 5.92 Å². The van der Waals surface area contributed by atoms with Crippen LogP contribution >= 0.6 is 0 Å². The fraction of sp³-hybridized carbons (Fsp3) is 0.368. The first kappa shape index (κ1) is 18.6. The van der Waals surface area contributed by atoms with E-state index in [4.69, 9.17) is 0 Å². The van der Waals surface area contributed by atoms with Crippen LogP contribution in [0.5, 0.6) is 0 Å². The maximum absolute atomic E-state index is 12.3. The van der Waals surface area contributed by atoms with Crippen molar-refractivity contribution in [2.45, 2.75) is 33.7 Å². The second kappa shape index (κ2) is 8.37. The average Bonchev–Trinajstić information content (AvgIpc) is 2.59. The zero-order valence-corrected chi connectivity index (χ0v) is 15.0. The lowest BCUT2D eigenvalue weighted by Crippen LogP contribution is -2.46. The number of hydrogen-bond acceptors (Lipinski definition) is 4. The smallest absolute Gasteiger partial charge is 0.253 e. The molecule has 132 valence electrons. The molecule has 0 saturated heterocycles. The zero-order chi connectivity index (χ0) is 18.4. The van der Waals surface area contributed by atoms with Crippen molar-refractivity contribution >= 4 is 11.8 Å². The third-order valence-electron chi connectivity index (χ3n) is 3.95. The predicted octanol–water partition coefficient (Wildman–Crippen LogP) is 2.28. The van der Waals surface area contributed by atoms with Gasteiger partial charge < -0.3 is 10.6 Å². The minimum absolute atomic E-state index is 0.166. The Labute approximate surface area is 148 Å². The lowest BCUT2D eigenvalue weighted by atomic mass is 10.0. The average molecular weight is 340 g/mol. The van der Waals surface area contributed by atoms with Crippen LogP contribution in [0.4, 0.5) is 0 Å². The third kappa shape index (κ3) is 5.38. The fourth-order valence-electron chi connectivity index (χ4n) is 2.21. The van der Waals surface area contributed by atoms with Crippen molar-refractivity contribution in [3.05, 3.63) is 59.2 Å². The first-order valence-electron chi connectivity index (χ1n) is 8.31. The van der Waals surface area contributed by atoms with Crippen molar-refractivity contribution in [2.75, 3.05) is 6.54 Å². The van der Waals surface area contributed by atoms with Crippen LogP contribution in [-0.4, -0.2) is 34.4 Å². The summed E-state index contributed by atoms with van der Waals surface area (Å²) in [5, 5.41) is 5.82. The van der Waals surface area contributed by atoms with Gasteiger partial charge in [0.2, 0.25) is 0 Å². The molecule has 2 amide bonds. The van der Waals surface area contributed by atoms with E-state index >= 15 is 0 Å². The molecule has 0 aliphatic carbocycles. The minimum atomic E-state index is -0.204. The van der Waals surface area contributed by atoms with Gasteiger partial charge in [0.1, 0.15) is 0 Å². The van der Waals surface area contributed by atoms with Crippen LogP contribution in [0.2, 0.25) is 0 Å². The lowest BCUT2D eigenvalue weighted by molar-refractivity contribution is 0.0896. The molecule has 2 rings (SSSR count). The van der Waals surface area contributed by atoms with E-state index in [0.717, 1.165) is 11.4 Å². The van der Waals surface area contributed by atoms with Gasteiger partial charge in [-0.15, -0.1) is 0 Å². The van der Waals surface area contributed by atoms with Gasteiger partial charge in [0.25, 0.3) is 11.8 Å². The molecule has 0 aromatic carbocycles. The predicted molar refractivity (Wildman–Crippen MR) is 96.4 cm³/mol. The first-order valence-corrected chi connectivity index (χ1v) is 8.31. The molecular weight excluding hydrogens is 316 g/mol. The molecule has 2 aromatic heterocycles. The van der Waals surface area contributed by atoms with Gasteiger partial charge in [0.05, 0.1) is 11.1 Å². The van der Waals surface area contributed by atoms with Crippen LogP contribution < -0.4 is 10.6 Å². The maximum Gasteiger partial charge on any atom is 0.253 e. The molecule has 0 fully saturated rings. The monoisotopic (exact) mass is 340 g/mol. The number of rotatable bonds is 6. The van der Waals surface area contributed by atoms with Crippen LogP contribution in [0.3, 0.4) is 0 Å². The van der Waals surface area contributed by atoms with E-state index in [1.165, 1.54) is 0 Å².